The molecule has 0 unspecified atom stereocenters. The maximum atomic E-state index is 12.1. The van der Waals surface area contributed by atoms with Crippen LogP contribution in [-0.4, -0.2) is 25.6 Å². The van der Waals surface area contributed by atoms with Gasteiger partial charge >= 0.3 is 5.97 Å². The number of nitriles is 1. The lowest BCUT2D eigenvalue weighted by molar-refractivity contribution is -0.129. The topological polar surface area (TPSA) is 80.9 Å². The Balaban J connectivity index is 1.90. The number of esters is 1. The highest BCUT2D eigenvalue weighted by Crippen LogP contribution is 2.30. The fourth-order valence-corrected chi connectivity index (χ4v) is 2.62. The van der Waals surface area contributed by atoms with Crippen LogP contribution < -0.4 is 9.47 Å². The Morgan fingerprint density at radius 3 is 2.70 bits per heavy atom. The summed E-state index contributed by atoms with van der Waals surface area (Å²) < 4.78 is 15.7. The molecule has 27 heavy (non-hydrogen) atoms. The van der Waals surface area contributed by atoms with Crippen LogP contribution in [0, 0.1) is 11.3 Å². The third-order valence-corrected chi connectivity index (χ3v) is 4.31. The fourth-order valence-electron chi connectivity index (χ4n) is 2.32. The molecule has 1 heterocycles. The molecule has 8 heteroatoms. The lowest BCUT2D eigenvalue weighted by Crippen LogP contribution is -2.05. The SMILES string of the molecule is COc1cc(/C=C2\N=C(c3ccc(Cl)c(Cl)c3)OC2=O)ccc1OCC#N. The minimum Gasteiger partial charge on any atom is -0.493 e. The molecule has 0 radical (unpaired) electrons. The standard InChI is InChI=1S/C19H12Cl2N2O4/c1-25-17-9-11(2-5-16(17)26-7-6-22)8-15-19(24)27-18(23-15)12-3-4-13(20)14(21)10-12/h2-5,8-10H,7H2,1H3/b15-8-. The lowest BCUT2D eigenvalue weighted by Gasteiger charge is -2.08. The quantitative estimate of drug-likeness (QED) is 0.551. The number of nitrogens with zero attached hydrogens (tertiary/aromatic N) is 2. The summed E-state index contributed by atoms with van der Waals surface area (Å²) in [5, 5.41) is 9.34. The zero-order chi connectivity index (χ0) is 19.4. The number of aliphatic imine (C=N–C) groups is 1. The van der Waals surface area contributed by atoms with E-state index in [2.05, 4.69) is 4.99 Å². The maximum Gasteiger partial charge on any atom is 0.363 e. The van der Waals surface area contributed by atoms with E-state index >= 15 is 0 Å². The van der Waals surface area contributed by atoms with Crippen molar-refractivity contribution < 1.29 is 19.0 Å². The van der Waals surface area contributed by atoms with E-state index in [1.165, 1.54) is 7.11 Å². The molecule has 3 rings (SSSR count). The average molecular weight is 403 g/mol. The zero-order valence-electron chi connectivity index (χ0n) is 14.0. The van der Waals surface area contributed by atoms with E-state index in [-0.39, 0.29) is 18.2 Å². The van der Waals surface area contributed by atoms with Crippen LogP contribution in [0.4, 0.5) is 0 Å². The molecule has 6 nitrogen and oxygen atoms in total. The Labute approximate surface area is 165 Å². The van der Waals surface area contributed by atoms with Crippen molar-refractivity contribution >= 4 is 41.1 Å². The number of ether oxygens (including phenoxy) is 3. The molecule has 0 amide bonds. The molecule has 0 atom stereocenters. The van der Waals surface area contributed by atoms with Crippen molar-refractivity contribution in [2.24, 2.45) is 4.99 Å². The summed E-state index contributed by atoms with van der Waals surface area (Å²) in [4.78, 5) is 16.3. The number of cyclic esters (lactones) is 1. The van der Waals surface area contributed by atoms with Gasteiger partial charge in [0.2, 0.25) is 5.90 Å². The van der Waals surface area contributed by atoms with Crippen molar-refractivity contribution in [3.8, 4) is 17.6 Å². The van der Waals surface area contributed by atoms with Gasteiger partial charge in [-0.3, -0.25) is 0 Å². The summed E-state index contributed by atoms with van der Waals surface area (Å²) in [5.74, 6) is 0.417. The van der Waals surface area contributed by atoms with Gasteiger partial charge < -0.3 is 14.2 Å². The van der Waals surface area contributed by atoms with Gasteiger partial charge in [-0.1, -0.05) is 29.3 Å². The Bertz CT molecular complexity index is 1010. The van der Waals surface area contributed by atoms with Crippen LogP contribution in [-0.2, 0) is 9.53 Å². The van der Waals surface area contributed by atoms with Crippen LogP contribution in [0.5, 0.6) is 11.5 Å². The molecular formula is C19H12Cl2N2O4. The minimum absolute atomic E-state index is 0.0968. The Kier molecular flexibility index (Phi) is 5.65. The highest BCUT2D eigenvalue weighted by Gasteiger charge is 2.24. The van der Waals surface area contributed by atoms with Crippen molar-refractivity contribution in [1.29, 1.82) is 5.26 Å². The number of hydrogen-bond donors (Lipinski definition) is 0. The summed E-state index contributed by atoms with van der Waals surface area (Å²) in [6, 6.07) is 11.7. The second kappa shape index (κ2) is 8.12. The zero-order valence-corrected chi connectivity index (χ0v) is 15.5. The van der Waals surface area contributed by atoms with E-state index in [4.69, 9.17) is 42.7 Å². The number of halogens is 2. The maximum absolute atomic E-state index is 12.1. The summed E-state index contributed by atoms with van der Waals surface area (Å²) in [6.45, 7) is -0.0968. The first kappa shape index (κ1) is 18.8. The number of carbonyl (C=O) groups is 1. The molecule has 2 aromatic rings. The van der Waals surface area contributed by atoms with Gasteiger partial charge in [-0.15, -0.1) is 0 Å². The first-order valence-electron chi connectivity index (χ1n) is 7.67. The molecule has 0 aliphatic carbocycles. The van der Waals surface area contributed by atoms with Crippen molar-refractivity contribution in [3.63, 3.8) is 0 Å². The first-order valence-corrected chi connectivity index (χ1v) is 8.43. The molecule has 0 N–H and O–H groups in total. The van der Waals surface area contributed by atoms with Crippen molar-refractivity contribution in [2.45, 2.75) is 0 Å². The van der Waals surface area contributed by atoms with E-state index in [1.54, 1.807) is 42.5 Å². The van der Waals surface area contributed by atoms with E-state index < -0.39 is 5.97 Å². The molecule has 0 saturated heterocycles. The summed E-state index contributed by atoms with van der Waals surface area (Å²) in [7, 11) is 1.48. The van der Waals surface area contributed by atoms with E-state index in [9.17, 15) is 4.79 Å². The normalized spacial score (nSPS) is 14.5. The molecule has 2 aromatic carbocycles. The molecule has 0 saturated carbocycles. The van der Waals surface area contributed by atoms with Gasteiger partial charge in [0, 0.05) is 5.56 Å². The smallest absolute Gasteiger partial charge is 0.363 e. The third kappa shape index (κ3) is 4.22. The van der Waals surface area contributed by atoms with Gasteiger partial charge in [0.1, 0.15) is 6.07 Å². The number of methoxy groups -OCH3 is 1. The van der Waals surface area contributed by atoms with Gasteiger partial charge in [0.05, 0.1) is 17.2 Å². The number of hydrogen-bond acceptors (Lipinski definition) is 6. The number of carbonyl (C=O) groups excluding carboxylic acids is 1. The average Bonchev–Trinajstić information content (AvgIpc) is 3.03. The van der Waals surface area contributed by atoms with Crippen LogP contribution in [0.3, 0.4) is 0 Å². The summed E-state index contributed by atoms with van der Waals surface area (Å²) >= 11 is 11.9. The Morgan fingerprint density at radius 2 is 2.00 bits per heavy atom. The third-order valence-electron chi connectivity index (χ3n) is 3.57. The Morgan fingerprint density at radius 1 is 1.19 bits per heavy atom. The molecule has 0 spiro atoms. The Hall–Kier alpha value is -3.01. The van der Waals surface area contributed by atoms with Crippen LogP contribution in [0.1, 0.15) is 11.1 Å². The van der Waals surface area contributed by atoms with Gasteiger partial charge in [-0.2, -0.15) is 5.26 Å². The van der Waals surface area contributed by atoms with Crippen LogP contribution in [0.2, 0.25) is 10.0 Å². The van der Waals surface area contributed by atoms with Gasteiger partial charge in [-0.05, 0) is 42.0 Å². The van der Waals surface area contributed by atoms with Crippen LogP contribution in [0.25, 0.3) is 6.08 Å². The van der Waals surface area contributed by atoms with E-state index in [0.717, 1.165) is 0 Å². The minimum atomic E-state index is -0.583. The molecule has 0 bridgehead atoms. The number of benzene rings is 2. The first-order chi connectivity index (χ1) is 13.0. The van der Waals surface area contributed by atoms with Crippen molar-refractivity contribution in [2.75, 3.05) is 13.7 Å². The second-order valence-electron chi connectivity index (χ2n) is 5.32. The van der Waals surface area contributed by atoms with E-state index in [0.29, 0.717) is 32.7 Å². The van der Waals surface area contributed by atoms with Crippen LogP contribution >= 0.6 is 23.2 Å². The van der Waals surface area contributed by atoms with Gasteiger partial charge in [0.15, 0.2) is 23.8 Å². The predicted molar refractivity (Wildman–Crippen MR) is 101 cm³/mol. The number of rotatable bonds is 5. The monoisotopic (exact) mass is 402 g/mol. The fraction of sp³-hybridized carbons (Fsp3) is 0.105. The van der Waals surface area contributed by atoms with Crippen molar-refractivity contribution in [1.82, 2.24) is 0 Å². The molecule has 1 aliphatic heterocycles. The molecule has 0 aromatic heterocycles. The highest BCUT2D eigenvalue weighted by atomic mass is 35.5. The lowest BCUT2D eigenvalue weighted by atomic mass is 10.1. The predicted octanol–water partition coefficient (Wildman–Crippen LogP) is 4.25. The molecule has 0 fully saturated rings. The van der Waals surface area contributed by atoms with Crippen molar-refractivity contribution in [3.05, 3.63) is 63.3 Å². The van der Waals surface area contributed by atoms with E-state index in [1.807, 2.05) is 6.07 Å². The van der Waals surface area contributed by atoms with Crippen LogP contribution in [0.15, 0.2) is 47.1 Å². The largest absolute Gasteiger partial charge is 0.493 e. The highest BCUT2D eigenvalue weighted by molar-refractivity contribution is 6.42. The summed E-state index contributed by atoms with van der Waals surface area (Å²) in [5.41, 5.74) is 1.32. The summed E-state index contributed by atoms with van der Waals surface area (Å²) in [6.07, 6.45) is 1.56. The molecule has 136 valence electrons. The molecular weight excluding hydrogens is 391 g/mol. The second-order valence-corrected chi connectivity index (χ2v) is 6.14. The molecule has 1 aliphatic rings. The van der Waals surface area contributed by atoms with Gasteiger partial charge in [0.25, 0.3) is 0 Å². The van der Waals surface area contributed by atoms with Gasteiger partial charge in [-0.25, -0.2) is 9.79 Å².